The molecule has 0 unspecified atom stereocenters. The molecule has 1 aliphatic rings. The summed E-state index contributed by atoms with van der Waals surface area (Å²) in [6.07, 6.45) is 8.12. The molecule has 4 rings (SSSR count). The third-order valence-electron chi connectivity index (χ3n) is 5.09. The first kappa shape index (κ1) is 18.4. The molecular weight excluding hydrogens is 350 g/mol. The van der Waals surface area contributed by atoms with Gasteiger partial charge in [0.25, 0.3) is 5.91 Å². The van der Waals surface area contributed by atoms with Crippen molar-refractivity contribution in [3.63, 3.8) is 0 Å². The minimum atomic E-state index is 0.0798. The van der Waals surface area contributed by atoms with Crippen LogP contribution in [-0.4, -0.2) is 56.7 Å². The van der Waals surface area contributed by atoms with Crippen LogP contribution in [0, 0.1) is 0 Å². The molecule has 3 aromatic rings. The first-order valence-electron chi connectivity index (χ1n) is 9.75. The van der Waals surface area contributed by atoms with E-state index in [0.29, 0.717) is 5.56 Å². The van der Waals surface area contributed by atoms with Crippen LogP contribution in [0.5, 0.6) is 0 Å². The number of hydrogen-bond donors (Lipinski definition) is 0. The van der Waals surface area contributed by atoms with Crippen LogP contribution in [0.15, 0.2) is 67.3 Å². The third kappa shape index (κ3) is 4.64. The van der Waals surface area contributed by atoms with Crippen LogP contribution < -0.4 is 0 Å². The Kier molecular flexibility index (Phi) is 5.77. The molecule has 6 heteroatoms. The van der Waals surface area contributed by atoms with Gasteiger partial charge in [0.05, 0.1) is 12.1 Å². The molecule has 1 aromatic carbocycles. The maximum absolute atomic E-state index is 12.7. The molecule has 0 aliphatic carbocycles. The minimum absolute atomic E-state index is 0.0798. The van der Waals surface area contributed by atoms with Gasteiger partial charge in [-0.2, -0.15) is 5.10 Å². The smallest absolute Gasteiger partial charge is 0.255 e. The Hall–Kier alpha value is -2.99. The van der Waals surface area contributed by atoms with Crippen molar-refractivity contribution in [1.82, 2.24) is 24.6 Å². The molecule has 0 bridgehead atoms. The number of nitrogens with zero attached hydrogens (tertiary/aromatic N) is 5. The third-order valence-corrected chi connectivity index (χ3v) is 5.09. The number of carbonyl (C=O) groups is 1. The van der Waals surface area contributed by atoms with Crippen molar-refractivity contribution in [3.05, 3.63) is 83.9 Å². The summed E-state index contributed by atoms with van der Waals surface area (Å²) in [7, 11) is 0. The van der Waals surface area contributed by atoms with Gasteiger partial charge in [0.15, 0.2) is 0 Å². The van der Waals surface area contributed by atoms with Gasteiger partial charge >= 0.3 is 0 Å². The molecule has 0 atom stereocenters. The van der Waals surface area contributed by atoms with E-state index in [9.17, 15) is 4.79 Å². The zero-order valence-electron chi connectivity index (χ0n) is 15.9. The topological polar surface area (TPSA) is 54.3 Å². The summed E-state index contributed by atoms with van der Waals surface area (Å²) in [6, 6.07) is 14.3. The lowest BCUT2D eigenvalue weighted by atomic mass is 10.1. The number of aromatic nitrogens is 3. The molecule has 0 spiro atoms. The molecular formula is C22H25N5O. The second kappa shape index (κ2) is 8.80. The highest BCUT2D eigenvalue weighted by Gasteiger charge is 2.20. The van der Waals surface area contributed by atoms with E-state index < -0.39 is 0 Å². The number of pyridine rings is 1. The molecule has 0 N–H and O–H groups in total. The number of hydrogen-bond acceptors (Lipinski definition) is 4. The Balaban J connectivity index is 1.35. The van der Waals surface area contributed by atoms with Crippen molar-refractivity contribution in [2.45, 2.75) is 19.5 Å². The Morgan fingerprint density at radius 2 is 1.82 bits per heavy atom. The van der Waals surface area contributed by atoms with Crippen LogP contribution in [0.2, 0.25) is 0 Å². The van der Waals surface area contributed by atoms with E-state index in [1.54, 1.807) is 18.6 Å². The van der Waals surface area contributed by atoms with Crippen molar-refractivity contribution in [2.75, 3.05) is 26.2 Å². The molecule has 0 radical (unpaired) electrons. The van der Waals surface area contributed by atoms with Crippen LogP contribution in [0.4, 0.5) is 0 Å². The zero-order valence-corrected chi connectivity index (χ0v) is 15.9. The van der Waals surface area contributed by atoms with Crippen LogP contribution in [0.3, 0.4) is 0 Å². The van der Waals surface area contributed by atoms with Crippen molar-refractivity contribution >= 4 is 5.91 Å². The highest BCUT2D eigenvalue weighted by Crippen LogP contribution is 2.13. The summed E-state index contributed by atoms with van der Waals surface area (Å²) in [4.78, 5) is 21.1. The van der Waals surface area contributed by atoms with Gasteiger partial charge in [0.2, 0.25) is 0 Å². The van der Waals surface area contributed by atoms with Gasteiger partial charge in [-0.15, -0.1) is 0 Å². The summed E-state index contributed by atoms with van der Waals surface area (Å²) < 4.78 is 1.94. The fraction of sp³-hybridized carbons (Fsp3) is 0.318. The van der Waals surface area contributed by atoms with Crippen LogP contribution >= 0.6 is 0 Å². The average molecular weight is 375 g/mol. The lowest BCUT2D eigenvalue weighted by molar-refractivity contribution is 0.0760. The Bertz CT molecular complexity index is 894. The molecule has 1 saturated heterocycles. The van der Waals surface area contributed by atoms with E-state index in [1.165, 1.54) is 11.1 Å². The Morgan fingerprint density at radius 3 is 2.61 bits per heavy atom. The van der Waals surface area contributed by atoms with Gasteiger partial charge in [-0.05, 0) is 35.7 Å². The molecule has 1 fully saturated rings. The SMILES string of the molecule is O=C(c1cccnc1)N1CCCN(Cc2cccc(Cn3cccn3)c2)CC1. The summed E-state index contributed by atoms with van der Waals surface area (Å²) >= 11 is 0. The first-order valence-corrected chi connectivity index (χ1v) is 9.75. The van der Waals surface area contributed by atoms with E-state index in [2.05, 4.69) is 39.2 Å². The van der Waals surface area contributed by atoms with Crippen molar-refractivity contribution < 1.29 is 4.79 Å². The summed E-state index contributed by atoms with van der Waals surface area (Å²) in [5.74, 6) is 0.0798. The van der Waals surface area contributed by atoms with Gasteiger partial charge in [0, 0.05) is 57.5 Å². The van der Waals surface area contributed by atoms with E-state index in [-0.39, 0.29) is 5.91 Å². The van der Waals surface area contributed by atoms with Gasteiger partial charge in [-0.3, -0.25) is 19.4 Å². The molecule has 3 heterocycles. The largest absolute Gasteiger partial charge is 0.337 e. The van der Waals surface area contributed by atoms with E-state index in [0.717, 1.165) is 45.7 Å². The van der Waals surface area contributed by atoms with Crippen LogP contribution in [-0.2, 0) is 13.1 Å². The Morgan fingerprint density at radius 1 is 0.929 bits per heavy atom. The minimum Gasteiger partial charge on any atom is -0.337 e. The highest BCUT2D eigenvalue weighted by atomic mass is 16.2. The number of rotatable bonds is 5. The second-order valence-electron chi connectivity index (χ2n) is 7.19. The summed E-state index contributed by atoms with van der Waals surface area (Å²) in [5.41, 5.74) is 3.23. The molecule has 0 saturated carbocycles. The molecule has 1 aliphatic heterocycles. The number of benzene rings is 1. The Labute approximate surface area is 165 Å². The number of amides is 1. The zero-order chi connectivity index (χ0) is 19.2. The standard InChI is InChI=1S/C22H25N5O/c28-22(21-7-2-8-23-16-21)26-11-4-10-25(13-14-26)17-19-5-1-6-20(15-19)18-27-12-3-9-24-27/h1-3,5-9,12,15-16H,4,10-11,13-14,17-18H2. The molecule has 2 aromatic heterocycles. The normalized spacial score (nSPS) is 15.4. The lowest BCUT2D eigenvalue weighted by Gasteiger charge is -2.22. The predicted octanol–water partition coefficient (Wildman–Crippen LogP) is 2.67. The van der Waals surface area contributed by atoms with Gasteiger partial charge in [0.1, 0.15) is 0 Å². The number of carbonyl (C=O) groups excluding carboxylic acids is 1. The van der Waals surface area contributed by atoms with Gasteiger partial charge in [-0.1, -0.05) is 24.3 Å². The lowest BCUT2D eigenvalue weighted by Crippen LogP contribution is -2.35. The quantitative estimate of drug-likeness (QED) is 0.688. The fourth-order valence-electron chi connectivity index (χ4n) is 3.67. The second-order valence-corrected chi connectivity index (χ2v) is 7.19. The molecule has 6 nitrogen and oxygen atoms in total. The molecule has 1 amide bonds. The van der Waals surface area contributed by atoms with Crippen LogP contribution in [0.25, 0.3) is 0 Å². The fourth-order valence-corrected chi connectivity index (χ4v) is 3.67. The molecule has 144 valence electrons. The van der Waals surface area contributed by atoms with Crippen molar-refractivity contribution in [3.8, 4) is 0 Å². The van der Waals surface area contributed by atoms with Gasteiger partial charge in [-0.25, -0.2) is 0 Å². The van der Waals surface area contributed by atoms with E-state index >= 15 is 0 Å². The average Bonchev–Trinajstić information content (AvgIpc) is 3.13. The summed E-state index contributed by atoms with van der Waals surface area (Å²) in [6.45, 7) is 5.12. The monoisotopic (exact) mass is 375 g/mol. The highest BCUT2D eigenvalue weighted by molar-refractivity contribution is 5.93. The van der Waals surface area contributed by atoms with Crippen molar-refractivity contribution in [1.29, 1.82) is 0 Å². The van der Waals surface area contributed by atoms with Crippen LogP contribution in [0.1, 0.15) is 27.9 Å². The van der Waals surface area contributed by atoms with Gasteiger partial charge < -0.3 is 4.90 Å². The first-order chi connectivity index (χ1) is 13.8. The maximum Gasteiger partial charge on any atom is 0.255 e. The predicted molar refractivity (Wildman–Crippen MR) is 108 cm³/mol. The maximum atomic E-state index is 12.7. The summed E-state index contributed by atoms with van der Waals surface area (Å²) in [5, 5.41) is 4.28. The van der Waals surface area contributed by atoms with E-state index in [4.69, 9.17) is 0 Å². The molecule has 28 heavy (non-hydrogen) atoms. The van der Waals surface area contributed by atoms with E-state index in [1.807, 2.05) is 34.0 Å². The van der Waals surface area contributed by atoms with Crippen molar-refractivity contribution in [2.24, 2.45) is 0 Å².